The van der Waals surface area contributed by atoms with E-state index >= 15 is 0 Å². The maximum absolute atomic E-state index is 13.2. The minimum atomic E-state index is -1.49. The lowest BCUT2D eigenvalue weighted by atomic mass is 9.80. The van der Waals surface area contributed by atoms with Gasteiger partial charge in [-0.2, -0.15) is 10.2 Å². The number of pyridine rings is 4. The molecular formula is C46H42BBrF2N10O6. The SMILES string of the molecule is CCN(C(=O)c1ccn2ncc(-c3ccc(C(=O)NC)cc3)c2c1)c1ccc(F)cn1.CCN(C(=O)c1ccn2ncc(Br)c2c1)c1ccc(F)cn1.CNC(=O)c1ccc(B(O)O)cc1. The van der Waals surface area contributed by atoms with Gasteiger partial charge in [0, 0.05) is 67.4 Å². The molecule has 0 bridgehead atoms. The van der Waals surface area contributed by atoms with E-state index in [1.165, 1.54) is 65.4 Å². The smallest absolute Gasteiger partial charge is 0.423 e. The summed E-state index contributed by atoms with van der Waals surface area (Å²) in [7, 11) is 1.64. The van der Waals surface area contributed by atoms with Gasteiger partial charge in [0.05, 0.1) is 40.3 Å². The number of hydrogen-bond donors (Lipinski definition) is 4. The normalized spacial score (nSPS) is 10.6. The third-order valence-electron chi connectivity index (χ3n) is 9.97. The average molecular weight is 960 g/mol. The summed E-state index contributed by atoms with van der Waals surface area (Å²) in [5.41, 5.74) is 5.66. The van der Waals surface area contributed by atoms with E-state index in [0.717, 1.165) is 39.0 Å². The molecule has 0 aliphatic rings. The number of carbonyl (C=O) groups excluding carboxylic acids is 4. The topological polar surface area (TPSA) is 200 Å². The molecule has 4 amide bonds. The second kappa shape index (κ2) is 21.8. The summed E-state index contributed by atoms with van der Waals surface area (Å²) in [6.07, 6.45) is 9.02. The van der Waals surface area contributed by atoms with Gasteiger partial charge in [-0.25, -0.2) is 27.8 Å². The van der Waals surface area contributed by atoms with Gasteiger partial charge < -0.3 is 20.7 Å². The van der Waals surface area contributed by atoms with E-state index in [2.05, 4.69) is 46.7 Å². The van der Waals surface area contributed by atoms with Crippen molar-refractivity contribution in [1.29, 1.82) is 0 Å². The highest BCUT2D eigenvalue weighted by molar-refractivity contribution is 9.10. The second-order valence-corrected chi connectivity index (χ2v) is 14.9. The van der Waals surface area contributed by atoms with E-state index in [1.54, 1.807) is 77.3 Å². The first-order valence-electron chi connectivity index (χ1n) is 20.2. The lowest BCUT2D eigenvalue weighted by Crippen LogP contribution is -2.31. The lowest BCUT2D eigenvalue weighted by molar-refractivity contribution is 0.0955. The van der Waals surface area contributed by atoms with Gasteiger partial charge in [0.1, 0.15) is 23.3 Å². The maximum Gasteiger partial charge on any atom is 0.488 e. The fourth-order valence-electron chi connectivity index (χ4n) is 6.50. The number of nitrogens with one attached hydrogen (secondary N) is 2. The summed E-state index contributed by atoms with van der Waals surface area (Å²) in [6.45, 7) is 4.49. The van der Waals surface area contributed by atoms with Gasteiger partial charge in [-0.15, -0.1) is 0 Å². The number of rotatable bonds is 10. The Morgan fingerprint density at radius 2 is 1.08 bits per heavy atom. The maximum atomic E-state index is 13.2. The molecule has 0 saturated carbocycles. The Balaban J connectivity index is 0.000000179. The van der Waals surface area contributed by atoms with Crippen molar-refractivity contribution >= 4 is 74.8 Å². The molecule has 8 aromatic rings. The highest BCUT2D eigenvalue weighted by atomic mass is 79.9. The molecule has 0 aliphatic heterocycles. The van der Waals surface area contributed by atoms with Crippen LogP contribution in [-0.2, 0) is 0 Å². The number of benzene rings is 2. The van der Waals surface area contributed by atoms with Crippen LogP contribution in [0.15, 0.2) is 139 Å². The Labute approximate surface area is 385 Å². The zero-order valence-electron chi connectivity index (χ0n) is 35.9. The molecule has 0 aliphatic carbocycles. The molecule has 8 rings (SSSR count). The summed E-state index contributed by atoms with van der Waals surface area (Å²) in [5, 5.41) is 31.1. The van der Waals surface area contributed by atoms with Gasteiger partial charge in [-0.05, 0) is 114 Å². The number of nitrogens with zero attached hydrogens (tertiary/aromatic N) is 8. The molecular weight excluding hydrogens is 917 g/mol. The van der Waals surface area contributed by atoms with Crippen LogP contribution in [0.25, 0.3) is 22.2 Å². The molecule has 0 atom stereocenters. The van der Waals surface area contributed by atoms with Crippen LogP contribution in [0.3, 0.4) is 0 Å². The number of hydrogen-bond acceptors (Lipinski definition) is 10. The Bertz CT molecular complexity index is 2970. The van der Waals surface area contributed by atoms with Gasteiger partial charge in [0.2, 0.25) is 0 Å². The monoisotopic (exact) mass is 958 g/mol. The fraction of sp³-hybridized carbons (Fsp3) is 0.130. The molecule has 66 heavy (non-hydrogen) atoms. The van der Waals surface area contributed by atoms with Crippen molar-refractivity contribution in [1.82, 2.24) is 39.8 Å². The largest absolute Gasteiger partial charge is 0.488 e. The molecule has 6 heterocycles. The van der Waals surface area contributed by atoms with Crippen LogP contribution in [0.5, 0.6) is 0 Å². The van der Waals surface area contributed by atoms with Crippen molar-refractivity contribution in [3.05, 3.63) is 173 Å². The van der Waals surface area contributed by atoms with Crippen LogP contribution in [0, 0.1) is 11.6 Å². The summed E-state index contributed by atoms with van der Waals surface area (Å²) in [4.78, 5) is 59.6. The van der Waals surface area contributed by atoms with Crippen molar-refractivity contribution in [3.8, 4) is 11.1 Å². The third-order valence-corrected chi connectivity index (χ3v) is 10.6. The Hall–Kier alpha value is -7.68. The first-order valence-corrected chi connectivity index (χ1v) is 21.0. The fourth-order valence-corrected chi connectivity index (χ4v) is 6.89. The van der Waals surface area contributed by atoms with Crippen molar-refractivity contribution in [2.24, 2.45) is 0 Å². The van der Waals surface area contributed by atoms with Gasteiger partial charge in [-0.1, -0.05) is 24.3 Å². The van der Waals surface area contributed by atoms with Gasteiger partial charge in [0.15, 0.2) is 0 Å². The van der Waals surface area contributed by atoms with Gasteiger partial charge >= 0.3 is 7.12 Å². The predicted molar refractivity (Wildman–Crippen MR) is 250 cm³/mol. The van der Waals surface area contributed by atoms with Crippen LogP contribution in [0.4, 0.5) is 20.4 Å². The molecule has 0 saturated heterocycles. The average Bonchev–Trinajstić information content (AvgIpc) is 3.95. The molecule has 0 fully saturated rings. The van der Waals surface area contributed by atoms with Crippen molar-refractivity contribution in [2.45, 2.75) is 13.8 Å². The first kappa shape index (κ1) is 47.8. The molecule has 6 aromatic heterocycles. The van der Waals surface area contributed by atoms with Gasteiger partial charge in [0.25, 0.3) is 23.6 Å². The van der Waals surface area contributed by atoms with Crippen LogP contribution in [0.2, 0.25) is 0 Å². The number of amides is 4. The van der Waals surface area contributed by atoms with E-state index in [0.29, 0.717) is 52.4 Å². The predicted octanol–water partition coefficient (Wildman–Crippen LogP) is 5.59. The van der Waals surface area contributed by atoms with E-state index in [-0.39, 0.29) is 23.6 Å². The van der Waals surface area contributed by atoms with Crippen LogP contribution in [-0.4, -0.2) is 97.2 Å². The molecule has 2 aromatic carbocycles. The third kappa shape index (κ3) is 11.2. The number of anilines is 2. The van der Waals surface area contributed by atoms with Crippen LogP contribution in [0.1, 0.15) is 55.3 Å². The molecule has 0 radical (unpaired) electrons. The van der Waals surface area contributed by atoms with E-state index < -0.39 is 18.8 Å². The lowest BCUT2D eigenvalue weighted by Gasteiger charge is -2.20. The van der Waals surface area contributed by atoms with Crippen molar-refractivity contribution in [3.63, 3.8) is 0 Å². The van der Waals surface area contributed by atoms with Gasteiger partial charge in [-0.3, -0.25) is 29.0 Å². The Kier molecular flexibility index (Phi) is 15.8. The highest BCUT2D eigenvalue weighted by Crippen LogP contribution is 2.27. The highest BCUT2D eigenvalue weighted by Gasteiger charge is 2.21. The van der Waals surface area contributed by atoms with E-state index in [4.69, 9.17) is 10.0 Å². The van der Waals surface area contributed by atoms with Crippen LogP contribution < -0.4 is 25.9 Å². The zero-order chi connectivity index (χ0) is 47.5. The molecule has 0 unspecified atom stereocenters. The zero-order valence-corrected chi connectivity index (χ0v) is 37.5. The minimum Gasteiger partial charge on any atom is -0.423 e. The Morgan fingerprint density at radius 3 is 1.52 bits per heavy atom. The van der Waals surface area contributed by atoms with Crippen molar-refractivity contribution < 1.29 is 38.0 Å². The number of carbonyl (C=O) groups is 4. The molecule has 16 nitrogen and oxygen atoms in total. The van der Waals surface area contributed by atoms with E-state index in [1.807, 2.05) is 26.0 Å². The standard InChI is InChI=1S/C23H20FN5O2.C15H12BrFN4O.C8H10BNO3/c1-3-28(21-9-8-18(24)13-26-21)23(31)17-10-11-29-20(12-17)19(14-27-29)15-4-6-16(7-5-15)22(30)25-2;1-2-20(14-4-3-11(17)8-18-14)15(22)10-5-6-21-13(7-10)12(16)9-19-21;1-10-8(11)6-2-4-7(5-3-6)9(12)13/h4-14H,3H2,1-2H3,(H,25,30);3-9H,2H2,1H3;2-5,12-13H,1H3,(H,10,11). The second-order valence-electron chi connectivity index (χ2n) is 14.0. The summed E-state index contributed by atoms with van der Waals surface area (Å²) < 4.78 is 30.4. The van der Waals surface area contributed by atoms with E-state index in [9.17, 15) is 28.0 Å². The minimum absolute atomic E-state index is 0.159. The number of fused-ring (bicyclic) bond motifs is 2. The summed E-state index contributed by atoms with van der Waals surface area (Å²) in [6, 6.07) is 25.7. The van der Waals surface area contributed by atoms with Crippen molar-refractivity contribution in [2.75, 3.05) is 37.0 Å². The molecule has 4 N–H and O–H groups in total. The van der Waals surface area contributed by atoms with Crippen LogP contribution >= 0.6 is 15.9 Å². The summed E-state index contributed by atoms with van der Waals surface area (Å²) in [5.74, 6) is -0.888. The first-order chi connectivity index (χ1) is 31.8. The number of aromatic nitrogens is 6. The quantitative estimate of drug-likeness (QED) is 0.126. The molecule has 20 heteroatoms. The Morgan fingerprint density at radius 1 is 0.621 bits per heavy atom. The molecule has 336 valence electrons. The summed E-state index contributed by atoms with van der Waals surface area (Å²) >= 11 is 3.39. The number of halogens is 3. The molecule has 0 spiro atoms.